The van der Waals surface area contributed by atoms with Crippen molar-refractivity contribution in [3.63, 3.8) is 0 Å². The summed E-state index contributed by atoms with van der Waals surface area (Å²) in [6.07, 6.45) is 2.50. The summed E-state index contributed by atoms with van der Waals surface area (Å²) in [5.41, 5.74) is 1.59. The number of unbranched alkanes of at least 4 members (excludes halogenated alkanes) is 1. The zero-order valence-corrected chi connectivity index (χ0v) is 18.6. The van der Waals surface area contributed by atoms with Crippen molar-refractivity contribution in [1.82, 2.24) is 14.5 Å². The Morgan fingerprint density at radius 1 is 1.10 bits per heavy atom. The van der Waals surface area contributed by atoms with Crippen LogP contribution in [0.3, 0.4) is 0 Å². The Kier molecular flexibility index (Phi) is 7.95. The lowest BCUT2D eigenvalue weighted by Crippen LogP contribution is -2.40. The molecule has 0 aliphatic carbocycles. The zero-order chi connectivity index (χ0) is 22.2. The molecule has 1 atom stereocenters. The van der Waals surface area contributed by atoms with Crippen LogP contribution in [0.1, 0.15) is 50.5 Å². The van der Waals surface area contributed by atoms with E-state index in [9.17, 15) is 9.59 Å². The standard InChI is InChI=1S/C25H31N3O3/c1-4-6-16-28(23(29)18-31-17-19-12-8-7-9-13-19)22(5-2)24-26-21-15-11-10-14-20(21)25(30)27(24)3/h7-15,22H,4-6,16-18H2,1-3H3. The van der Waals surface area contributed by atoms with Gasteiger partial charge in [0.2, 0.25) is 5.91 Å². The molecule has 164 valence electrons. The van der Waals surface area contributed by atoms with Crippen molar-refractivity contribution >= 4 is 16.8 Å². The fraction of sp³-hybridized carbons (Fsp3) is 0.400. The molecule has 0 saturated carbocycles. The summed E-state index contributed by atoms with van der Waals surface area (Å²) in [5.74, 6) is 0.525. The molecule has 0 saturated heterocycles. The third-order valence-corrected chi connectivity index (χ3v) is 5.49. The first-order valence-electron chi connectivity index (χ1n) is 10.9. The molecule has 0 N–H and O–H groups in total. The predicted octanol–water partition coefficient (Wildman–Crippen LogP) is 4.23. The molecule has 2 aromatic carbocycles. The third-order valence-electron chi connectivity index (χ3n) is 5.49. The van der Waals surface area contributed by atoms with Gasteiger partial charge in [-0.05, 0) is 30.5 Å². The Morgan fingerprint density at radius 3 is 2.52 bits per heavy atom. The number of rotatable bonds is 10. The SMILES string of the molecule is CCCCN(C(=O)COCc1ccccc1)C(CC)c1nc2ccccc2c(=O)n1C. The molecule has 0 spiro atoms. The lowest BCUT2D eigenvalue weighted by molar-refractivity contribution is -0.139. The number of carbonyl (C=O) groups excluding carboxylic acids is 1. The second kappa shape index (κ2) is 10.9. The van der Waals surface area contributed by atoms with E-state index in [0.29, 0.717) is 36.3 Å². The van der Waals surface area contributed by atoms with Crippen molar-refractivity contribution in [3.05, 3.63) is 76.3 Å². The average molecular weight is 422 g/mol. The maximum Gasteiger partial charge on any atom is 0.261 e. The Morgan fingerprint density at radius 2 is 1.81 bits per heavy atom. The number of fused-ring (bicyclic) bond motifs is 1. The Hall–Kier alpha value is -2.99. The summed E-state index contributed by atoms with van der Waals surface area (Å²) in [4.78, 5) is 32.7. The summed E-state index contributed by atoms with van der Waals surface area (Å²) in [7, 11) is 1.73. The van der Waals surface area contributed by atoms with E-state index in [1.807, 2.05) is 60.4 Å². The van der Waals surface area contributed by atoms with E-state index in [4.69, 9.17) is 9.72 Å². The molecule has 6 heteroatoms. The maximum atomic E-state index is 13.2. The topological polar surface area (TPSA) is 64.4 Å². The molecule has 0 bridgehead atoms. The van der Waals surface area contributed by atoms with Crippen molar-refractivity contribution in [1.29, 1.82) is 0 Å². The van der Waals surface area contributed by atoms with Gasteiger partial charge < -0.3 is 9.64 Å². The molecule has 6 nitrogen and oxygen atoms in total. The van der Waals surface area contributed by atoms with Gasteiger partial charge in [0.15, 0.2) is 0 Å². The fourth-order valence-corrected chi connectivity index (χ4v) is 3.77. The van der Waals surface area contributed by atoms with Crippen LogP contribution in [-0.4, -0.2) is 33.5 Å². The molecular weight excluding hydrogens is 390 g/mol. The minimum Gasteiger partial charge on any atom is -0.367 e. The normalized spacial score (nSPS) is 12.1. The Bertz CT molecular complexity index is 1060. The number of ether oxygens (including phenoxy) is 1. The molecule has 1 amide bonds. The molecule has 0 aliphatic rings. The minimum absolute atomic E-state index is 0.00334. The van der Waals surface area contributed by atoms with Crippen LogP contribution >= 0.6 is 0 Å². The lowest BCUT2D eigenvalue weighted by atomic mass is 10.1. The van der Waals surface area contributed by atoms with Crippen LogP contribution in [0.2, 0.25) is 0 Å². The number of para-hydroxylation sites is 1. The predicted molar refractivity (Wildman–Crippen MR) is 123 cm³/mol. The van der Waals surface area contributed by atoms with E-state index in [1.165, 1.54) is 0 Å². The molecule has 31 heavy (non-hydrogen) atoms. The number of aromatic nitrogens is 2. The average Bonchev–Trinajstić information content (AvgIpc) is 2.80. The molecule has 3 rings (SSSR count). The first kappa shape index (κ1) is 22.7. The highest BCUT2D eigenvalue weighted by Gasteiger charge is 2.27. The van der Waals surface area contributed by atoms with Crippen LogP contribution in [-0.2, 0) is 23.2 Å². The summed E-state index contributed by atoms with van der Waals surface area (Å²) in [6.45, 7) is 5.10. The van der Waals surface area contributed by atoms with Crippen LogP contribution in [0.5, 0.6) is 0 Å². The highest BCUT2D eigenvalue weighted by atomic mass is 16.5. The van der Waals surface area contributed by atoms with Gasteiger partial charge in [-0.2, -0.15) is 0 Å². The quantitative estimate of drug-likeness (QED) is 0.491. The fourth-order valence-electron chi connectivity index (χ4n) is 3.77. The van der Waals surface area contributed by atoms with Gasteiger partial charge in [0, 0.05) is 13.6 Å². The highest BCUT2D eigenvalue weighted by Crippen LogP contribution is 2.24. The smallest absolute Gasteiger partial charge is 0.261 e. The maximum absolute atomic E-state index is 13.2. The van der Waals surface area contributed by atoms with E-state index in [-0.39, 0.29) is 24.1 Å². The molecule has 1 unspecified atom stereocenters. The largest absolute Gasteiger partial charge is 0.367 e. The van der Waals surface area contributed by atoms with Crippen molar-refractivity contribution < 1.29 is 9.53 Å². The van der Waals surface area contributed by atoms with E-state index >= 15 is 0 Å². The number of carbonyl (C=O) groups is 1. The third kappa shape index (κ3) is 5.39. The second-order valence-corrected chi connectivity index (χ2v) is 7.69. The van der Waals surface area contributed by atoms with Crippen molar-refractivity contribution in [2.24, 2.45) is 7.05 Å². The van der Waals surface area contributed by atoms with Gasteiger partial charge >= 0.3 is 0 Å². The number of nitrogens with zero attached hydrogens (tertiary/aromatic N) is 3. The van der Waals surface area contributed by atoms with Gasteiger partial charge in [0.05, 0.1) is 23.6 Å². The summed E-state index contributed by atoms with van der Waals surface area (Å²) in [5, 5.41) is 0.584. The van der Waals surface area contributed by atoms with Gasteiger partial charge in [-0.25, -0.2) is 4.98 Å². The van der Waals surface area contributed by atoms with Crippen LogP contribution in [0.4, 0.5) is 0 Å². The minimum atomic E-state index is -0.290. The van der Waals surface area contributed by atoms with Crippen LogP contribution in [0, 0.1) is 0 Å². The van der Waals surface area contributed by atoms with Gasteiger partial charge in [0.25, 0.3) is 5.56 Å². The first-order valence-corrected chi connectivity index (χ1v) is 10.9. The summed E-state index contributed by atoms with van der Waals surface area (Å²) < 4.78 is 7.29. The zero-order valence-electron chi connectivity index (χ0n) is 18.6. The van der Waals surface area contributed by atoms with Crippen LogP contribution < -0.4 is 5.56 Å². The Balaban J connectivity index is 1.85. The highest BCUT2D eigenvalue weighted by molar-refractivity contribution is 5.79. The van der Waals surface area contributed by atoms with E-state index in [1.54, 1.807) is 17.7 Å². The lowest BCUT2D eigenvalue weighted by Gasteiger charge is -2.32. The van der Waals surface area contributed by atoms with E-state index in [0.717, 1.165) is 18.4 Å². The molecule has 3 aromatic rings. The molecule has 0 radical (unpaired) electrons. The molecule has 0 aliphatic heterocycles. The van der Waals surface area contributed by atoms with Gasteiger partial charge in [0.1, 0.15) is 12.4 Å². The summed E-state index contributed by atoms with van der Waals surface area (Å²) in [6, 6.07) is 16.9. The Labute approximate surface area is 183 Å². The van der Waals surface area contributed by atoms with Crippen LogP contribution in [0.15, 0.2) is 59.4 Å². The first-order chi connectivity index (χ1) is 15.1. The molecule has 0 fully saturated rings. The molecule has 1 aromatic heterocycles. The molecular formula is C25H31N3O3. The number of hydrogen-bond donors (Lipinski definition) is 0. The van der Waals surface area contributed by atoms with Gasteiger partial charge in [-0.3, -0.25) is 14.2 Å². The van der Waals surface area contributed by atoms with Crippen molar-refractivity contribution in [2.75, 3.05) is 13.2 Å². The van der Waals surface area contributed by atoms with Gasteiger partial charge in [-0.15, -0.1) is 0 Å². The number of amides is 1. The summed E-state index contributed by atoms with van der Waals surface area (Å²) >= 11 is 0. The molecule has 1 heterocycles. The second-order valence-electron chi connectivity index (χ2n) is 7.69. The van der Waals surface area contributed by atoms with Crippen LogP contribution in [0.25, 0.3) is 10.9 Å². The van der Waals surface area contributed by atoms with Gasteiger partial charge in [-0.1, -0.05) is 62.7 Å². The monoisotopic (exact) mass is 421 g/mol. The number of benzene rings is 2. The van der Waals surface area contributed by atoms with Crippen molar-refractivity contribution in [3.8, 4) is 0 Å². The van der Waals surface area contributed by atoms with Crippen molar-refractivity contribution in [2.45, 2.75) is 45.8 Å². The van der Waals surface area contributed by atoms with E-state index in [2.05, 4.69) is 6.92 Å². The van der Waals surface area contributed by atoms with E-state index < -0.39 is 0 Å². The number of hydrogen-bond acceptors (Lipinski definition) is 4.